The van der Waals surface area contributed by atoms with Gasteiger partial charge in [-0.15, -0.1) is 0 Å². The van der Waals surface area contributed by atoms with Gasteiger partial charge in [0.1, 0.15) is 12.4 Å². The Morgan fingerprint density at radius 2 is 1.91 bits per heavy atom. The Kier molecular flexibility index (Phi) is 5.34. The van der Waals surface area contributed by atoms with Gasteiger partial charge in [-0.2, -0.15) is 0 Å². The van der Waals surface area contributed by atoms with Gasteiger partial charge in [0.05, 0.1) is 4.47 Å². The lowest BCUT2D eigenvalue weighted by Crippen LogP contribution is -2.32. The molecule has 1 saturated carbocycles. The summed E-state index contributed by atoms with van der Waals surface area (Å²) >= 11 is 3.47. The Labute approximate surface area is 145 Å². The molecule has 0 unspecified atom stereocenters. The first-order chi connectivity index (χ1) is 11.2. The maximum Gasteiger partial charge on any atom is 0.251 e. The highest BCUT2D eigenvalue weighted by Crippen LogP contribution is 2.25. The Balaban J connectivity index is 1.62. The van der Waals surface area contributed by atoms with Crippen LogP contribution in [0.3, 0.4) is 0 Å². The molecule has 1 amide bonds. The van der Waals surface area contributed by atoms with Gasteiger partial charge in [0.15, 0.2) is 0 Å². The second-order valence-corrected chi connectivity index (χ2v) is 6.73. The lowest BCUT2D eigenvalue weighted by molar-refractivity contribution is 0.0937. The maximum absolute atomic E-state index is 12.3. The van der Waals surface area contributed by atoms with Crippen molar-refractivity contribution in [3.63, 3.8) is 0 Å². The van der Waals surface area contributed by atoms with Gasteiger partial charge in [-0.3, -0.25) is 4.79 Å². The van der Waals surface area contributed by atoms with Gasteiger partial charge in [-0.05, 0) is 58.6 Å². The van der Waals surface area contributed by atoms with E-state index in [9.17, 15) is 4.79 Å². The van der Waals surface area contributed by atoms with E-state index in [0.717, 1.165) is 28.6 Å². The molecule has 0 heterocycles. The van der Waals surface area contributed by atoms with Gasteiger partial charge in [0.25, 0.3) is 5.91 Å². The Hall–Kier alpha value is -1.81. The van der Waals surface area contributed by atoms with Crippen molar-refractivity contribution in [2.24, 2.45) is 0 Å². The molecule has 0 spiro atoms. The average molecular weight is 374 g/mol. The van der Waals surface area contributed by atoms with Crippen molar-refractivity contribution in [3.8, 4) is 5.75 Å². The highest BCUT2D eigenvalue weighted by molar-refractivity contribution is 9.10. The van der Waals surface area contributed by atoms with E-state index in [4.69, 9.17) is 4.74 Å². The summed E-state index contributed by atoms with van der Waals surface area (Å²) in [6, 6.07) is 15.7. The molecule has 0 radical (unpaired) electrons. The van der Waals surface area contributed by atoms with Crippen LogP contribution in [0.25, 0.3) is 0 Å². The van der Waals surface area contributed by atoms with E-state index in [1.165, 1.54) is 12.8 Å². The molecule has 3 nitrogen and oxygen atoms in total. The summed E-state index contributed by atoms with van der Waals surface area (Å²) < 4.78 is 6.74. The molecule has 3 rings (SSSR count). The predicted octanol–water partition coefficient (Wildman–Crippen LogP) is 4.70. The number of amides is 1. The molecule has 120 valence electrons. The highest BCUT2D eigenvalue weighted by atomic mass is 79.9. The summed E-state index contributed by atoms with van der Waals surface area (Å²) in [4.78, 5) is 12.3. The SMILES string of the molecule is O=C(NC1CCCC1)c1cccc(COc2ccccc2Br)c1. The third-order valence-electron chi connectivity index (χ3n) is 4.11. The van der Waals surface area contributed by atoms with Gasteiger partial charge < -0.3 is 10.1 Å². The minimum absolute atomic E-state index is 0.0136. The summed E-state index contributed by atoms with van der Waals surface area (Å²) in [5.74, 6) is 0.813. The average Bonchev–Trinajstić information content (AvgIpc) is 3.07. The number of rotatable bonds is 5. The molecular weight excluding hydrogens is 354 g/mol. The van der Waals surface area contributed by atoms with Crippen molar-refractivity contribution in [3.05, 3.63) is 64.1 Å². The van der Waals surface area contributed by atoms with Gasteiger partial charge in [-0.1, -0.05) is 37.1 Å². The van der Waals surface area contributed by atoms with E-state index in [-0.39, 0.29) is 5.91 Å². The number of ether oxygens (including phenoxy) is 1. The molecule has 0 atom stereocenters. The number of benzene rings is 2. The van der Waals surface area contributed by atoms with E-state index in [2.05, 4.69) is 21.2 Å². The first-order valence-corrected chi connectivity index (χ1v) is 8.79. The Morgan fingerprint density at radius 1 is 1.13 bits per heavy atom. The minimum Gasteiger partial charge on any atom is -0.488 e. The summed E-state index contributed by atoms with van der Waals surface area (Å²) in [5.41, 5.74) is 1.69. The lowest BCUT2D eigenvalue weighted by Gasteiger charge is -2.13. The van der Waals surface area contributed by atoms with Crippen molar-refractivity contribution >= 4 is 21.8 Å². The zero-order valence-electron chi connectivity index (χ0n) is 12.9. The number of hydrogen-bond donors (Lipinski definition) is 1. The normalized spacial score (nSPS) is 14.7. The fraction of sp³-hybridized carbons (Fsp3) is 0.316. The smallest absolute Gasteiger partial charge is 0.251 e. The van der Waals surface area contributed by atoms with Crippen LogP contribution in [0.1, 0.15) is 41.6 Å². The molecule has 1 aliphatic rings. The number of hydrogen-bond acceptors (Lipinski definition) is 2. The number of carbonyl (C=O) groups excluding carboxylic acids is 1. The van der Waals surface area contributed by atoms with Crippen LogP contribution in [0.2, 0.25) is 0 Å². The first kappa shape index (κ1) is 16.1. The largest absolute Gasteiger partial charge is 0.488 e. The summed E-state index contributed by atoms with van der Waals surface area (Å²) in [6.07, 6.45) is 4.61. The monoisotopic (exact) mass is 373 g/mol. The van der Waals surface area contributed by atoms with Gasteiger partial charge in [0.2, 0.25) is 0 Å². The minimum atomic E-state index is 0.0136. The van der Waals surface area contributed by atoms with E-state index in [1.807, 2.05) is 48.5 Å². The molecule has 1 N–H and O–H groups in total. The molecule has 0 saturated heterocycles. The third-order valence-corrected chi connectivity index (χ3v) is 4.77. The van der Waals surface area contributed by atoms with Gasteiger partial charge >= 0.3 is 0 Å². The van der Waals surface area contributed by atoms with Crippen LogP contribution >= 0.6 is 15.9 Å². The fourth-order valence-corrected chi connectivity index (χ4v) is 3.26. The quantitative estimate of drug-likeness (QED) is 0.824. The molecule has 1 fully saturated rings. The maximum atomic E-state index is 12.3. The molecule has 0 aliphatic heterocycles. The van der Waals surface area contributed by atoms with Crippen LogP contribution in [0, 0.1) is 0 Å². The van der Waals surface area contributed by atoms with E-state index >= 15 is 0 Å². The van der Waals surface area contributed by atoms with E-state index < -0.39 is 0 Å². The molecule has 1 aliphatic carbocycles. The van der Waals surface area contributed by atoms with Crippen LogP contribution in [0.15, 0.2) is 53.0 Å². The second kappa shape index (κ2) is 7.64. The summed E-state index contributed by atoms with van der Waals surface area (Å²) in [5, 5.41) is 3.12. The molecule has 2 aromatic rings. The molecule has 0 aromatic heterocycles. The van der Waals surface area contributed by atoms with Crippen LogP contribution in [0.4, 0.5) is 0 Å². The number of carbonyl (C=O) groups is 1. The Bertz CT molecular complexity index is 681. The van der Waals surface area contributed by atoms with Crippen LogP contribution in [-0.2, 0) is 6.61 Å². The van der Waals surface area contributed by atoms with Crippen LogP contribution in [0.5, 0.6) is 5.75 Å². The zero-order valence-corrected chi connectivity index (χ0v) is 14.5. The van der Waals surface area contributed by atoms with E-state index in [0.29, 0.717) is 18.2 Å². The summed E-state index contributed by atoms with van der Waals surface area (Å²) in [6.45, 7) is 0.438. The zero-order chi connectivity index (χ0) is 16.1. The number of para-hydroxylation sites is 1. The molecule has 2 aromatic carbocycles. The van der Waals surface area contributed by atoms with Gasteiger partial charge in [0, 0.05) is 11.6 Å². The molecular formula is C19H20BrNO2. The van der Waals surface area contributed by atoms with Crippen molar-refractivity contribution in [2.45, 2.75) is 38.3 Å². The van der Waals surface area contributed by atoms with Crippen molar-refractivity contribution in [1.29, 1.82) is 0 Å². The van der Waals surface area contributed by atoms with Crippen molar-refractivity contribution in [2.75, 3.05) is 0 Å². The van der Waals surface area contributed by atoms with Crippen molar-refractivity contribution < 1.29 is 9.53 Å². The summed E-state index contributed by atoms with van der Waals surface area (Å²) in [7, 11) is 0. The lowest BCUT2D eigenvalue weighted by atomic mass is 10.1. The predicted molar refractivity (Wildman–Crippen MR) is 94.6 cm³/mol. The highest BCUT2D eigenvalue weighted by Gasteiger charge is 2.18. The fourth-order valence-electron chi connectivity index (χ4n) is 2.86. The number of halogens is 1. The van der Waals surface area contributed by atoms with Crippen LogP contribution in [-0.4, -0.2) is 11.9 Å². The van der Waals surface area contributed by atoms with Crippen molar-refractivity contribution in [1.82, 2.24) is 5.32 Å². The topological polar surface area (TPSA) is 38.3 Å². The Morgan fingerprint density at radius 3 is 2.70 bits per heavy atom. The first-order valence-electron chi connectivity index (χ1n) is 7.99. The third kappa shape index (κ3) is 4.35. The number of nitrogens with one attached hydrogen (secondary N) is 1. The standard InChI is InChI=1S/C19H20BrNO2/c20-17-10-3-4-11-18(17)23-13-14-6-5-7-15(12-14)19(22)21-16-8-1-2-9-16/h3-7,10-12,16H,1-2,8-9,13H2,(H,21,22). The van der Waals surface area contributed by atoms with Gasteiger partial charge in [-0.25, -0.2) is 0 Å². The molecule has 4 heteroatoms. The molecule has 23 heavy (non-hydrogen) atoms. The second-order valence-electron chi connectivity index (χ2n) is 5.87. The van der Waals surface area contributed by atoms with E-state index in [1.54, 1.807) is 0 Å². The van der Waals surface area contributed by atoms with Crippen LogP contribution < -0.4 is 10.1 Å². The molecule has 0 bridgehead atoms.